The number of alkyl halides is 3. The third-order valence-corrected chi connectivity index (χ3v) is 6.94. The van der Waals surface area contributed by atoms with Gasteiger partial charge in [-0.15, -0.1) is 0 Å². The van der Waals surface area contributed by atoms with E-state index in [2.05, 4.69) is 9.71 Å². The number of benzene rings is 3. The summed E-state index contributed by atoms with van der Waals surface area (Å²) in [7, 11) is 0. The van der Waals surface area contributed by atoms with Gasteiger partial charge in [-0.1, -0.05) is 30.3 Å². The fourth-order valence-electron chi connectivity index (χ4n) is 4.25. The first-order valence-corrected chi connectivity index (χ1v) is 11.8. The minimum atomic E-state index is -4.40. The maximum absolute atomic E-state index is 13.2. The van der Waals surface area contributed by atoms with Gasteiger partial charge in [0.2, 0.25) is 0 Å². The number of aliphatic hydroxyl groups is 1. The minimum Gasteiger partial charge on any atom is -0.492 e. The van der Waals surface area contributed by atoms with Gasteiger partial charge >= 0.3 is 6.18 Å². The van der Waals surface area contributed by atoms with Crippen molar-refractivity contribution in [1.29, 1.82) is 0 Å². The molecule has 0 amide bonds. The second kappa shape index (κ2) is 9.37. The summed E-state index contributed by atoms with van der Waals surface area (Å²) in [6.45, 7) is 0.469. The Hall–Kier alpha value is -2.94. The molecule has 2 heterocycles. The lowest BCUT2D eigenvalue weighted by Gasteiger charge is -2.17. The Morgan fingerprint density at radius 1 is 1.06 bits per heavy atom. The predicted octanol–water partition coefficient (Wildman–Crippen LogP) is 5.99. The Bertz CT molecular complexity index is 1320. The molecule has 1 aliphatic heterocycles. The van der Waals surface area contributed by atoms with Crippen molar-refractivity contribution in [2.45, 2.75) is 30.0 Å². The van der Waals surface area contributed by atoms with Gasteiger partial charge in [-0.05, 0) is 71.0 Å². The molecule has 0 fully saturated rings. The molecule has 1 atom stereocenters. The number of halogens is 3. The highest BCUT2D eigenvalue weighted by Gasteiger charge is 2.30. The van der Waals surface area contributed by atoms with E-state index in [-0.39, 0.29) is 12.6 Å². The van der Waals surface area contributed by atoms with Crippen LogP contribution in [0.15, 0.2) is 71.8 Å². The average molecular weight is 485 g/mol. The molecule has 3 aromatic carbocycles. The van der Waals surface area contributed by atoms with Gasteiger partial charge in [0.15, 0.2) is 0 Å². The molecule has 0 bridgehead atoms. The third kappa shape index (κ3) is 4.66. The van der Waals surface area contributed by atoms with Gasteiger partial charge in [-0.25, -0.2) is 0 Å². The molecule has 1 aromatic heterocycles. The number of aromatic amines is 1. The number of hydrogen-bond donors (Lipinski definition) is 3. The van der Waals surface area contributed by atoms with E-state index in [1.165, 1.54) is 24.1 Å². The zero-order valence-electron chi connectivity index (χ0n) is 18.2. The van der Waals surface area contributed by atoms with Crippen LogP contribution in [0.25, 0.3) is 22.0 Å². The van der Waals surface area contributed by atoms with E-state index < -0.39 is 11.7 Å². The van der Waals surface area contributed by atoms with Crippen molar-refractivity contribution in [2.75, 3.05) is 13.2 Å². The Morgan fingerprint density at radius 3 is 2.74 bits per heavy atom. The molecular formula is C26H23F3N2O2S. The Balaban J connectivity index is 1.39. The van der Waals surface area contributed by atoms with Crippen LogP contribution in [0.1, 0.15) is 16.7 Å². The fourth-order valence-corrected chi connectivity index (χ4v) is 5.17. The van der Waals surface area contributed by atoms with Crippen LogP contribution in [-0.2, 0) is 19.0 Å². The normalized spacial score (nSPS) is 14.2. The first-order valence-electron chi connectivity index (χ1n) is 11.0. The summed E-state index contributed by atoms with van der Waals surface area (Å²) in [4.78, 5) is 4.04. The van der Waals surface area contributed by atoms with Gasteiger partial charge < -0.3 is 14.8 Å². The zero-order chi connectivity index (χ0) is 23.7. The van der Waals surface area contributed by atoms with E-state index in [1.807, 2.05) is 42.6 Å². The maximum Gasteiger partial charge on any atom is 0.416 e. The standard InChI is InChI=1S/C26H23F3N2O2S/c27-26(28,29)20-5-3-4-16(11-20)18-10-17-8-9-33-25(17)24(13-18)34-31-21(15-32)12-19-14-30-23-7-2-1-6-22(19)23/h1-7,10-11,13-14,21,30-32H,8-9,12,15H2/t21-/m1/s1. The number of fused-ring (bicyclic) bond motifs is 2. The summed E-state index contributed by atoms with van der Waals surface area (Å²) in [5.74, 6) is 0.747. The molecule has 4 nitrogen and oxygen atoms in total. The van der Waals surface area contributed by atoms with E-state index in [9.17, 15) is 18.3 Å². The van der Waals surface area contributed by atoms with Crippen molar-refractivity contribution in [3.05, 3.63) is 83.6 Å². The van der Waals surface area contributed by atoms with Gasteiger partial charge in [0, 0.05) is 29.6 Å². The number of para-hydroxylation sites is 1. The molecule has 0 radical (unpaired) electrons. The molecule has 0 unspecified atom stereocenters. The Morgan fingerprint density at radius 2 is 1.91 bits per heavy atom. The summed E-state index contributed by atoms with van der Waals surface area (Å²) in [5, 5.41) is 11.1. The molecular weight excluding hydrogens is 461 g/mol. The monoisotopic (exact) mass is 484 g/mol. The van der Waals surface area contributed by atoms with Crippen molar-refractivity contribution in [3.8, 4) is 16.9 Å². The summed E-state index contributed by atoms with van der Waals surface area (Å²) in [6, 6.07) is 16.9. The maximum atomic E-state index is 13.2. The zero-order valence-corrected chi connectivity index (χ0v) is 19.0. The molecule has 0 spiro atoms. The van der Waals surface area contributed by atoms with Crippen LogP contribution in [0.5, 0.6) is 5.75 Å². The first-order chi connectivity index (χ1) is 16.4. The number of ether oxygens (including phenoxy) is 1. The van der Waals surface area contributed by atoms with Crippen LogP contribution in [0.3, 0.4) is 0 Å². The third-order valence-electron chi connectivity index (χ3n) is 5.97. The van der Waals surface area contributed by atoms with Gasteiger partial charge in [0.1, 0.15) is 5.75 Å². The van der Waals surface area contributed by atoms with Crippen molar-refractivity contribution in [3.63, 3.8) is 0 Å². The number of rotatable bonds is 7. The second-order valence-corrected chi connectivity index (χ2v) is 9.18. The van der Waals surface area contributed by atoms with Crippen LogP contribution in [-0.4, -0.2) is 29.3 Å². The highest BCUT2D eigenvalue weighted by molar-refractivity contribution is 7.97. The molecule has 34 heavy (non-hydrogen) atoms. The Kier molecular flexibility index (Phi) is 6.29. The quantitative estimate of drug-likeness (QED) is 0.282. The van der Waals surface area contributed by atoms with E-state index >= 15 is 0 Å². The highest BCUT2D eigenvalue weighted by atomic mass is 32.2. The lowest BCUT2D eigenvalue weighted by Crippen LogP contribution is -2.29. The van der Waals surface area contributed by atoms with Crippen molar-refractivity contribution in [2.24, 2.45) is 0 Å². The lowest BCUT2D eigenvalue weighted by atomic mass is 10.00. The van der Waals surface area contributed by atoms with Crippen LogP contribution >= 0.6 is 11.9 Å². The minimum absolute atomic E-state index is 0.0666. The average Bonchev–Trinajstić information content (AvgIpc) is 3.48. The summed E-state index contributed by atoms with van der Waals surface area (Å²) in [6.07, 6.45) is -1.13. The van der Waals surface area contributed by atoms with Crippen LogP contribution in [0.4, 0.5) is 13.2 Å². The van der Waals surface area contributed by atoms with Crippen molar-refractivity contribution >= 4 is 22.9 Å². The molecule has 4 aromatic rings. The predicted molar refractivity (Wildman–Crippen MR) is 128 cm³/mol. The van der Waals surface area contributed by atoms with Crippen molar-refractivity contribution < 1.29 is 23.0 Å². The number of H-pyrrole nitrogens is 1. The summed E-state index contributed by atoms with van der Waals surface area (Å²) < 4.78 is 48.8. The van der Waals surface area contributed by atoms with Crippen molar-refractivity contribution in [1.82, 2.24) is 9.71 Å². The summed E-state index contributed by atoms with van der Waals surface area (Å²) >= 11 is 1.34. The second-order valence-electron chi connectivity index (χ2n) is 8.30. The molecule has 3 N–H and O–H groups in total. The highest BCUT2D eigenvalue weighted by Crippen LogP contribution is 2.40. The molecule has 1 aliphatic rings. The van der Waals surface area contributed by atoms with E-state index in [4.69, 9.17) is 4.74 Å². The van der Waals surface area contributed by atoms with E-state index in [0.29, 0.717) is 30.6 Å². The molecule has 0 aliphatic carbocycles. The lowest BCUT2D eigenvalue weighted by molar-refractivity contribution is -0.137. The van der Waals surface area contributed by atoms with Gasteiger partial charge in [-0.2, -0.15) is 13.2 Å². The molecule has 8 heteroatoms. The SMILES string of the molecule is OC[C@@H](Cc1c[nH]c2ccccc12)NSc1cc(-c2cccc(C(F)(F)F)c2)cc2c1OCC2. The fraction of sp³-hybridized carbons (Fsp3) is 0.231. The summed E-state index contributed by atoms with van der Waals surface area (Å²) in [5.41, 5.74) is 3.65. The van der Waals surface area contributed by atoms with Gasteiger partial charge in [0.25, 0.3) is 0 Å². The molecule has 0 saturated carbocycles. The number of nitrogens with one attached hydrogen (secondary N) is 2. The molecule has 0 saturated heterocycles. The van der Waals surface area contributed by atoms with Crippen LogP contribution in [0, 0.1) is 0 Å². The Labute approximate surface area is 199 Å². The van der Waals surface area contributed by atoms with Gasteiger partial charge in [0.05, 0.1) is 23.7 Å². The smallest absolute Gasteiger partial charge is 0.416 e. The molecule has 5 rings (SSSR count). The largest absolute Gasteiger partial charge is 0.492 e. The molecule has 176 valence electrons. The van der Waals surface area contributed by atoms with Gasteiger partial charge in [-0.3, -0.25) is 4.72 Å². The first kappa shape index (κ1) is 22.8. The van der Waals surface area contributed by atoms with E-state index in [1.54, 1.807) is 6.07 Å². The van der Waals surface area contributed by atoms with Crippen LogP contribution < -0.4 is 9.46 Å². The number of hydrogen-bond acceptors (Lipinski definition) is 4. The van der Waals surface area contributed by atoms with E-state index in [0.717, 1.165) is 38.7 Å². The topological polar surface area (TPSA) is 57.3 Å². The number of aromatic nitrogens is 1. The van der Waals surface area contributed by atoms with Crippen LogP contribution in [0.2, 0.25) is 0 Å². The number of aliphatic hydroxyl groups excluding tert-OH is 1.